The maximum atomic E-state index is 13.5. The Labute approximate surface area is 215 Å². The van der Waals surface area contributed by atoms with Crippen LogP contribution in [-0.2, 0) is 21.2 Å². The van der Waals surface area contributed by atoms with Crippen LogP contribution in [0.15, 0.2) is 65.6 Å². The molecule has 0 aliphatic heterocycles. The van der Waals surface area contributed by atoms with Gasteiger partial charge in [0.2, 0.25) is 5.91 Å². The number of nitrogens with one attached hydrogen (secondary N) is 1. The van der Waals surface area contributed by atoms with Crippen molar-refractivity contribution in [3.05, 3.63) is 81.8 Å². The molecule has 10 heteroatoms. The van der Waals surface area contributed by atoms with E-state index in [9.17, 15) is 13.2 Å². The Morgan fingerprint density at radius 2 is 1.66 bits per heavy atom. The highest BCUT2D eigenvalue weighted by atomic mass is 35.5. The Morgan fingerprint density at radius 3 is 2.31 bits per heavy atom. The highest BCUT2D eigenvalue weighted by molar-refractivity contribution is 7.92. The van der Waals surface area contributed by atoms with E-state index in [2.05, 4.69) is 5.32 Å². The van der Waals surface area contributed by atoms with Gasteiger partial charge in [-0.1, -0.05) is 53.0 Å². The molecule has 7 nitrogen and oxygen atoms in total. The number of ether oxygens (including phenoxy) is 2. The van der Waals surface area contributed by atoms with E-state index in [0.29, 0.717) is 17.9 Å². The van der Waals surface area contributed by atoms with Gasteiger partial charge in [0.15, 0.2) is 11.5 Å². The molecule has 0 aliphatic carbocycles. The van der Waals surface area contributed by atoms with Gasteiger partial charge in [0, 0.05) is 6.54 Å². The number of nitrogens with zero attached hydrogens (tertiary/aromatic N) is 1. The fourth-order valence-electron chi connectivity index (χ4n) is 3.39. The number of aryl methyl sites for hydroxylation is 1. The number of sulfonamides is 1. The molecule has 3 rings (SSSR count). The van der Waals surface area contributed by atoms with Crippen LogP contribution in [0, 0.1) is 6.92 Å². The molecule has 35 heavy (non-hydrogen) atoms. The largest absolute Gasteiger partial charge is 0.493 e. The van der Waals surface area contributed by atoms with Crippen molar-refractivity contribution in [2.75, 3.05) is 31.6 Å². The summed E-state index contributed by atoms with van der Waals surface area (Å²) in [7, 11) is -0.995. The van der Waals surface area contributed by atoms with Crippen LogP contribution in [0.2, 0.25) is 10.0 Å². The van der Waals surface area contributed by atoms with Gasteiger partial charge in [-0.3, -0.25) is 9.10 Å². The number of anilines is 1. The van der Waals surface area contributed by atoms with Gasteiger partial charge < -0.3 is 14.8 Å². The first-order valence-electron chi connectivity index (χ1n) is 10.7. The molecule has 0 aliphatic rings. The highest BCUT2D eigenvalue weighted by Gasteiger charge is 2.29. The van der Waals surface area contributed by atoms with Gasteiger partial charge in [0.05, 0.1) is 34.8 Å². The third-order valence-corrected chi connectivity index (χ3v) is 7.86. The number of halogens is 2. The van der Waals surface area contributed by atoms with Crippen molar-refractivity contribution in [3.8, 4) is 11.5 Å². The highest BCUT2D eigenvalue weighted by Crippen LogP contribution is 2.35. The van der Waals surface area contributed by atoms with E-state index < -0.39 is 22.5 Å². The van der Waals surface area contributed by atoms with Crippen molar-refractivity contribution in [1.82, 2.24) is 5.32 Å². The maximum absolute atomic E-state index is 13.5. The second-order valence-corrected chi connectivity index (χ2v) is 10.3. The van der Waals surface area contributed by atoms with Gasteiger partial charge >= 0.3 is 0 Å². The van der Waals surface area contributed by atoms with Crippen LogP contribution in [0.5, 0.6) is 11.5 Å². The van der Waals surface area contributed by atoms with E-state index in [-0.39, 0.29) is 27.2 Å². The number of methoxy groups -OCH3 is 2. The first kappa shape index (κ1) is 26.7. The van der Waals surface area contributed by atoms with E-state index >= 15 is 0 Å². The maximum Gasteiger partial charge on any atom is 0.264 e. The molecule has 3 aromatic rings. The van der Waals surface area contributed by atoms with Crippen molar-refractivity contribution < 1.29 is 22.7 Å². The number of rotatable bonds is 10. The summed E-state index contributed by atoms with van der Waals surface area (Å²) in [5.74, 6) is 0.704. The molecule has 186 valence electrons. The summed E-state index contributed by atoms with van der Waals surface area (Å²) in [6.45, 7) is 1.67. The first-order chi connectivity index (χ1) is 16.7. The molecule has 0 saturated carbocycles. The standard InChI is InChI=1S/C25H26Cl2N2O5S/c1-17-7-10-19(11-8-17)35(31,32)29(21-6-4-5-20(26)25(21)27)16-24(30)28-14-13-18-9-12-22(33-2)23(15-18)34-3/h4-12,15H,13-14,16H2,1-3H3,(H,28,30). The van der Waals surface area contributed by atoms with E-state index in [1.54, 1.807) is 44.6 Å². The predicted molar refractivity (Wildman–Crippen MR) is 138 cm³/mol. The lowest BCUT2D eigenvalue weighted by Gasteiger charge is -2.25. The Bertz CT molecular complexity index is 1300. The lowest BCUT2D eigenvalue weighted by molar-refractivity contribution is -0.119. The smallest absolute Gasteiger partial charge is 0.264 e. The lowest BCUT2D eigenvalue weighted by atomic mass is 10.1. The fraction of sp³-hybridized carbons (Fsp3) is 0.240. The zero-order valence-electron chi connectivity index (χ0n) is 19.5. The molecule has 0 unspecified atom stereocenters. The van der Waals surface area contributed by atoms with Gasteiger partial charge in [0.25, 0.3) is 10.0 Å². The van der Waals surface area contributed by atoms with E-state index in [1.165, 1.54) is 18.2 Å². The number of hydrogen-bond donors (Lipinski definition) is 1. The van der Waals surface area contributed by atoms with Gasteiger partial charge in [-0.15, -0.1) is 0 Å². The van der Waals surface area contributed by atoms with Crippen LogP contribution in [0.3, 0.4) is 0 Å². The van der Waals surface area contributed by atoms with Gasteiger partial charge in [0.1, 0.15) is 6.54 Å². The summed E-state index contributed by atoms with van der Waals surface area (Å²) in [5.41, 5.74) is 1.95. The Kier molecular flexibility index (Phi) is 8.88. The molecule has 0 atom stereocenters. The van der Waals surface area contributed by atoms with Crippen molar-refractivity contribution in [1.29, 1.82) is 0 Å². The number of hydrogen-bond acceptors (Lipinski definition) is 5. The summed E-state index contributed by atoms with van der Waals surface area (Å²) in [6, 6.07) is 16.5. The van der Waals surface area contributed by atoms with Crippen molar-refractivity contribution >= 4 is 44.8 Å². The molecule has 0 bridgehead atoms. The minimum absolute atomic E-state index is 0.0391. The summed E-state index contributed by atoms with van der Waals surface area (Å²) >= 11 is 12.5. The van der Waals surface area contributed by atoms with Crippen LogP contribution < -0.4 is 19.1 Å². The quantitative estimate of drug-likeness (QED) is 0.399. The predicted octanol–water partition coefficient (Wildman–Crippen LogP) is 4.87. The van der Waals surface area contributed by atoms with Crippen molar-refractivity contribution in [2.45, 2.75) is 18.2 Å². The zero-order chi connectivity index (χ0) is 25.6. The van der Waals surface area contributed by atoms with E-state index in [1.807, 2.05) is 19.1 Å². The molecule has 0 spiro atoms. The van der Waals surface area contributed by atoms with Crippen molar-refractivity contribution in [3.63, 3.8) is 0 Å². The summed E-state index contributed by atoms with van der Waals surface area (Å²) in [4.78, 5) is 12.9. The molecule has 1 N–H and O–H groups in total. The van der Waals surface area contributed by atoms with E-state index in [4.69, 9.17) is 32.7 Å². The number of carbonyl (C=O) groups is 1. The molecule has 3 aromatic carbocycles. The van der Waals surface area contributed by atoms with Gasteiger partial charge in [-0.05, 0) is 55.3 Å². The lowest BCUT2D eigenvalue weighted by Crippen LogP contribution is -2.41. The summed E-state index contributed by atoms with van der Waals surface area (Å²) in [6.07, 6.45) is 0.509. The molecular weight excluding hydrogens is 511 g/mol. The minimum atomic E-state index is -4.10. The van der Waals surface area contributed by atoms with Crippen LogP contribution in [-0.4, -0.2) is 41.6 Å². The topological polar surface area (TPSA) is 84.9 Å². The minimum Gasteiger partial charge on any atom is -0.493 e. The summed E-state index contributed by atoms with van der Waals surface area (Å²) < 4.78 is 38.5. The molecule has 0 radical (unpaired) electrons. The van der Waals surface area contributed by atoms with Gasteiger partial charge in [-0.2, -0.15) is 0 Å². The van der Waals surface area contributed by atoms with Crippen molar-refractivity contribution in [2.24, 2.45) is 0 Å². The van der Waals surface area contributed by atoms with E-state index in [0.717, 1.165) is 15.4 Å². The second-order valence-electron chi connectivity index (χ2n) is 7.69. The molecule has 1 amide bonds. The first-order valence-corrected chi connectivity index (χ1v) is 12.9. The third kappa shape index (κ3) is 6.39. The molecule has 0 heterocycles. The van der Waals surface area contributed by atoms with Gasteiger partial charge in [-0.25, -0.2) is 8.42 Å². The molecule has 0 fully saturated rings. The average Bonchev–Trinajstić information content (AvgIpc) is 2.84. The molecular formula is C25H26Cl2N2O5S. The fourth-order valence-corrected chi connectivity index (χ4v) is 5.27. The number of benzene rings is 3. The number of carbonyl (C=O) groups excluding carboxylic acids is 1. The van der Waals surface area contributed by atoms with Crippen LogP contribution >= 0.6 is 23.2 Å². The Balaban J connectivity index is 1.79. The Hall–Kier alpha value is -2.94. The number of amides is 1. The third-order valence-electron chi connectivity index (χ3n) is 5.28. The summed E-state index contributed by atoms with van der Waals surface area (Å²) in [5, 5.41) is 3.00. The zero-order valence-corrected chi connectivity index (χ0v) is 21.9. The SMILES string of the molecule is COc1ccc(CCNC(=O)CN(c2cccc(Cl)c2Cl)S(=O)(=O)c2ccc(C)cc2)cc1OC. The van der Waals surface area contributed by atoms with Crippen LogP contribution in [0.25, 0.3) is 0 Å². The monoisotopic (exact) mass is 536 g/mol. The van der Waals surface area contributed by atoms with Crippen LogP contribution in [0.4, 0.5) is 5.69 Å². The molecule has 0 aromatic heterocycles. The Morgan fingerprint density at radius 1 is 0.971 bits per heavy atom. The molecule has 0 saturated heterocycles. The normalized spacial score (nSPS) is 11.1. The van der Waals surface area contributed by atoms with Crippen LogP contribution in [0.1, 0.15) is 11.1 Å². The average molecular weight is 537 g/mol. The second kappa shape index (κ2) is 11.7.